The number of aromatic nitrogens is 2. The Balaban J connectivity index is 1.69. The Morgan fingerprint density at radius 1 is 1.35 bits per heavy atom. The summed E-state index contributed by atoms with van der Waals surface area (Å²) < 4.78 is 0. The number of hydrogen-bond acceptors (Lipinski definition) is 4. The second-order valence-corrected chi connectivity index (χ2v) is 6.06. The van der Waals surface area contributed by atoms with Crippen LogP contribution in [0.5, 0.6) is 0 Å². The highest BCUT2D eigenvalue weighted by molar-refractivity contribution is 6.28. The Hall–Kier alpha value is -0.870. The fourth-order valence-electron chi connectivity index (χ4n) is 2.84. The van der Waals surface area contributed by atoms with Crippen LogP contribution >= 0.6 is 11.6 Å². The van der Waals surface area contributed by atoms with Crippen molar-refractivity contribution in [2.24, 2.45) is 0 Å². The van der Waals surface area contributed by atoms with Crippen molar-refractivity contribution in [3.8, 4) is 0 Å². The van der Waals surface area contributed by atoms with E-state index < -0.39 is 0 Å². The Morgan fingerprint density at radius 2 is 2.10 bits per heavy atom. The smallest absolute Gasteiger partial charge is 0.224 e. The molecule has 0 spiro atoms. The van der Waals surface area contributed by atoms with Gasteiger partial charge in [0, 0.05) is 24.3 Å². The molecule has 1 N–H and O–H groups in total. The van der Waals surface area contributed by atoms with Crippen LogP contribution in [0.4, 0.5) is 5.82 Å². The van der Waals surface area contributed by atoms with E-state index in [1.165, 1.54) is 32.1 Å². The van der Waals surface area contributed by atoms with E-state index in [4.69, 9.17) is 11.6 Å². The van der Waals surface area contributed by atoms with Crippen molar-refractivity contribution in [3.05, 3.63) is 17.0 Å². The Labute approximate surface area is 126 Å². The van der Waals surface area contributed by atoms with Crippen LogP contribution in [0.2, 0.25) is 5.28 Å². The van der Waals surface area contributed by atoms with E-state index in [2.05, 4.69) is 27.2 Å². The van der Waals surface area contributed by atoms with Crippen molar-refractivity contribution in [1.82, 2.24) is 14.9 Å². The Morgan fingerprint density at radius 3 is 2.85 bits per heavy atom. The summed E-state index contributed by atoms with van der Waals surface area (Å²) in [6.07, 6.45) is 9.81. The van der Waals surface area contributed by atoms with E-state index in [0.717, 1.165) is 36.9 Å². The van der Waals surface area contributed by atoms with Crippen LogP contribution in [-0.4, -0.2) is 41.0 Å². The minimum Gasteiger partial charge on any atom is -0.370 e. The lowest BCUT2D eigenvalue weighted by atomic mass is 9.94. The zero-order chi connectivity index (χ0) is 14.4. The molecule has 1 saturated carbocycles. The minimum absolute atomic E-state index is 0.303. The first-order valence-corrected chi connectivity index (χ1v) is 7.98. The molecular formula is C15H25ClN4. The van der Waals surface area contributed by atoms with Crippen molar-refractivity contribution in [3.63, 3.8) is 0 Å². The average molecular weight is 297 g/mol. The molecule has 5 heteroatoms. The summed E-state index contributed by atoms with van der Waals surface area (Å²) in [5, 5.41) is 3.65. The van der Waals surface area contributed by atoms with E-state index in [0.29, 0.717) is 5.28 Å². The molecule has 0 amide bonds. The fraction of sp³-hybridized carbons (Fsp3) is 0.733. The van der Waals surface area contributed by atoms with Gasteiger partial charge in [0.05, 0.1) is 0 Å². The molecule has 112 valence electrons. The van der Waals surface area contributed by atoms with Gasteiger partial charge in [-0.1, -0.05) is 19.3 Å². The molecule has 1 aliphatic carbocycles. The van der Waals surface area contributed by atoms with Crippen LogP contribution in [0.3, 0.4) is 0 Å². The van der Waals surface area contributed by atoms with Gasteiger partial charge in [-0.05, 0) is 51.4 Å². The molecule has 1 aromatic rings. The Bertz CT molecular complexity index is 418. The molecule has 20 heavy (non-hydrogen) atoms. The largest absolute Gasteiger partial charge is 0.370 e. The molecule has 0 atom stereocenters. The summed E-state index contributed by atoms with van der Waals surface area (Å²) in [5.41, 5.74) is 1.04. The van der Waals surface area contributed by atoms with E-state index >= 15 is 0 Å². The first-order valence-electron chi connectivity index (χ1n) is 7.60. The van der Waals surface area contributed by atoms with Gasteiger partial charge >= 0.3 is 0 Å². The van der Waals surface area contributed by atoms with Gasteiger partial charge in [-0.2, -0.15) is 0 Å². The van der Waals surface area contributed by atoms with Crippen LogP contribution in [0.1, 0.15) is 44.1 Å². The fourth-order valence-corrected chi connectivity index (χ4v) is 2.97. The van der Waals surface area contributed by atoms with Crippen molar-refractivity contribution < 1.29 is 0 Å². The summed E-state index contributed by atoms with van der Waals surface area (Å²) in [4.78, 5) is 10.7. The predicted molar refractivity (Wildman–Crippen MR) is 84.4 cm³/mol. The standard InChI is InChI=1S/C15H25ClN4/c1-12-11-18-15(16)19-14(12)17-9-6-10-20(2)13-7-4-3-5-8-13/h11,13H,3-10H2,1-2H3,(H,17,18,19). The summed E-state index contributed by atoms with van der Waals surface area (Å²) in [7, 11) is 2.25. The van der Waals surface area contributed by atoms with E-state index in [-0.39, 0.29) is 0 Å². The van der Waals surface area contributed by atoms with Crippen LogP contribution in [-0.2, 0) is 0 Å². The van der Waals surface area contributed by atoms with Gasteiger partial charge in [0.1, 0.15) is 5.82 Å². The lowest BCUT2D eigenvalue weighted by Gasteiger charge is -2.31. The molecule has 4 nitrogen and oxygen atoms in total. The summed E-state index contributed by atoms with van der Waals surface area (Å²) in [5.74, 6) is 0.852. The minimum atomic E-state index is 0.303. The lowest BCUT2D eigenvalue weighted by Crippen LogP contribution is -2.34. The highest BCUT2D eigenvalue weighted by Crippen LogP contribution is 2.21. The second-order valence-electron chi connectivity index (χ2n) is 5.72. The number of halogens is 1. The van der Waals surface area contributed by atoms with Gasteiger partial charge in [0.25, 0.3) is 0 Å². The molecular weight excluding hydrogens is 272 g/mol. The quantitative estimate of drug-likeness (QED) is 0.644. The number of nitrogens with zero attached hydrogens (tertiary/aromatic N) is 3. The highest BCUT2D eigenvalue weighted by Gasteiger charge is 2.17. The first kappa shape index (κ1) is 15.5. The molecule has 0 aromatic carbocycles. The highest BCUT2D eigenvalue weighted by atomic mass is 35.5. The van der Waals surface area contributed by atoms with Crippen molar-refractivity contribution in [2.75, 3.05) is 25.5 Å². The average Bonchev–Trinajstić information content (AvgIpc) is 2.47. The maximum atomic E-state index is 5.81. The molecule has 0 bridgehead atoms. The third-order valence-electron chi connectivity index (χ3n) is 4.12. The van der Waals surface area contributed by atoms with Gasteiger partial charge in [0.15, 0.2) is 0 Å². The number of aryl methyl sites for hydroxylation is 1. The summed E-state index contributed by atoms with van der Waals surface area (Å²) in [6.45, 7) is 4.05. The first-order chi connectivity index (χ1) is 9.66. The predicted octanol–water partition coefficient (Wildman–Crippen LogP) is 3.50. The molecule has 1 fully saturated rings. The van der Waals surface area contributed by atoms with Crippen LogP contribution in [0.25, 0.3) is 0 Å². The molecule has 1 aromatic heterocycles. The van der Waals surface area contributed by atoms with Crippen molar-refractivity contribution in [1.29, 1.82) is 0 Å². The Kier molecular flexibility index (Phi) is 6.05. The van der Waals surface area contributed by atoms with E-state index in [1.807, 2.05) is 6.92 Å². The molecule has 0 saturated heterocycles. The number of anilines is 1. The molecule has 0 radical (unpaired) electrons. The topological polar surface area (TPSA) is 41.1 Å². The monoisotopic (exact) mass is 296 g/mol. The van der Waals surface area contributed by atoms with E-state index in [1.54, 1.807) is 6.20 Å². The van der Waals surface area contributed by atoms with Gasteiger partial charge in [0.2, 0.25) is 5.28 Å². The molecule has 2 rings (SSSR count). The molecule has 0 unspecified atom stereocenters. The van der Waals surface area contributed by atoms with Crippen LogP contribution in [0, 0.1) is 6.92 Å². The van der Waals surface area contributed by atoms with E-state index in [9.17, 15) is 0 Å². The van der Waals surface area contributed by atoms with Gasteiger partial charge in [-0.3, -0.25) is 0 Å². The number of rotatable bonds is 6. The molecule has 1 aliphatic rings. The molecule has 1 heterocycles. The van der Waals surface area contributed by atoms with Crippen LogP contribution < -0.4 is 5.32 Å². The zero-order valence-electron chi connectivity index (χ0n) is 12.5. The van der Waals surface area contributed by atoms with Crippen LogP contribution in [0.15, 0.2) is 6.20 Å². The van der Waals surface area contributed by atoms with Crippen molar-refractivity contribution in [2.45, 2.75) is 51.5 Å². The lowest BCUT2D eigenvalue weighted by molar-refractivity contribution is 0.191. The van der Waals surface area contributed by atoms with Gasteiger partial charge in [-0.25, -0.2) is 9.97 Å². The summed E-state index contributed by atoms with van der Waals surface area (Å²) >= 11 is 5.81. The number of nitrogens with one attached hydrogen (secondary N) is 1. The normalized spacial score (nSPS) is 16.6. The van der Waals surface area contributed by atoms with Gasteiger partial charge < -0.3 is 10.2 Å². The number of hydrogen-bond donors (Lipinski definition) is 1. The SMILES string of the molecule is Cc1cnc(Cl)nc1NCCCN(C)C1CCCCC1. The maximum absolute atomic E-state index is 5.81. The van der Waals surface area contributed by atoms with Gasteiger partial charge in [-0.15, -0.1) is 0 Å². The van der Waals surface area contributed by atoms with Crippen molar-refractivity contribution >= 4 is 17.4 Å². The molecule has 0 aliphatic heterocycles. The third kappa shape index (κ3) is 4.60. The maximum Gasteiger partial charge on any atom is 0.224 e. The summed E-state index contributed by atoms with van der Waals surface area (Å²) in [6, 6.07) is 0.791. The zero-order valence-corrected chi connectivity index (χ0v) is 13.3. The third-order valence-corrected chi connectivity index (χ3v) is 4.30. The second kappa shape index (κ2) is 7.79.